The Morgan fingerprint density at radius 1 is 1.67 bits per heavy atom. The normalized spacial score (nSPS) is 38.9. The first kappa shape index (κ1) is 5.03. The highest BCUT2D eigenvalue weighted by molar-refractivity contribution is 5.72. The van der Waals surface area contributed by atoms with Gasteiger partial charge in [-0.25, -0.2) is 0 Å². The molecule has 2 aliphatic rings. The van der Waals surface area contributed by atoms with Gasteiger partial charge in [-0.1, -0.05) is 12.2 Å². The Morgan fingerprint density at radius 2 is 2.56 bits per heavy atom. The van der Waals surface area contributed by atoms with Crippen LogP contribution in [0.1, 0.15) is 12.8 Å². The minimum absolute atomic E-state index is 0.0330. The van der Waals surface area contributed by atoms with Crippen LogP contribution in [0.5, 0.6) is 0 Å². The summed E-state index contributed by atoms with van der Waals surface area (Å²) in [5.41, 5.74) is 0. The van der Waals surface area contributed by atoms with E-state index in [0.29, 0.717) is 12.3 Å². The van der Waals surface area contributed by atoms with Gasteiger partial charge in [-0.3, -0.25) is 4.79 Å². The summed E-state index contributed by atoms with van der Waals surface area (Å²) < 4.78 is 4.98. The standard InChI is InChI=1S/C7H8O2/c8-7-4-5-2-1-3-6(5)9-7/h1-2,5-6H,3-4H2/t5?,6-/m1/s1. The molecule has 0 aromatic carbocycles. The van der Waals surface area contributed by atoms with Gasteiger partial charge in [0.05, 0.1) is 6.42 Å². The number of carbonyl (C=O) groups is 1. The number of hydrogen-bond donors (Lipinski definition) is 0. The van der Waals surface area contributed by atoms with Gasteiger partial charge < -0.3 is 4.74 Å². The third-order valence-corrected chi connectivity index (χ3v) is 1.91. The molecular weight excluding hydrogens is 116 g/mol. The Hall–Kier alpha value is -0.790. The molecule has 1 saturated heterocycles. The van der Waals surface area contributed by atoms with Crippen LogP contribution in [0, 0.1) is 5.92 Å². The summed E-state index contributed by atoms with van der Waals surface area (Å²) in [5.74, 6) is 0.367. The molecule has 0 radical (unpaired) electrons. The lowest BCUT2D eigenvalue weighted by molar-refractivity contribution is -0.141. The molecule has 0 N–H and O–H groups in total. The van der Waals surface area contributed by atoms with Crippen LogP contribution in [-0.2, 0) is 9.53 Å². The monoisotopic (exact) mass is 124 g/mol. The first-order chi connectivity index (χ1) is 4.36. The Balaban J connectivity index is 2.17. The molecule has 1 unspecified atom stereocenters. The molecule has 48 valence electrons. The van der Waals surface area contributed by atoms with Crippen LogP contribution in [-0.4, -0.2) is 12.1 Å². The highest BCUT2D eigenvalue weighted by atomic mass is 16.5. The highest BCUT2D eigenvalue weighted by Crippen LogP contribution is 2.30. The van der Waals surface area contributed by atoms with Crippen molar-refractivity contribution in [2.24, 2.45) is 5.92 Å². The largest absolute Gasteiger partial charge is 0.461 e. The molecule has 0 amide bonds. The summed E-state index contributed by atoms with van der Waals surface area (Å²) in [6.07, 6.45) is 5.88. The van der Waals surface area contributed by atoms with Gasteiger partial charge in [0.15, 0.2) is 0 Å². The molecule has 1 aliphatic carbocycles. The van der Waals surface area contributed by atoms with Gasteiger partial charge >= 0.3 is 5.97 Å². The molecule has 1 fully saturated rings. The zero-order valence-electron chi connectivity index (χ0n) is 5.04. The second-order valence-electron chi connectivity index (χ2n) is 2.56. The number of fused-ring (bicyclic) bond motifs is 1. The van der Waals surface area contributed by atoms with Crippen molar-refractivity contribution < 1.29 is 9.53 Å². The molecule has 1 aliphatic heterocycles. The molecule has 0 aromatic heterocycles. The molecular formula is C7H8O2. The van der Waals surface area contributed by atoms with Crippen molar-refractivity contribution in [3.8, 4) is 0 Å². The van der Waals surface area contributed by atoms with Crippen LogP contribution < -0.4 is 0 Å². The Kier molecular flexibility index (Phi) is 0.891. The van der Waals surface area contributed by atoms with Crippen LogP contribution >= 0.6 is 0 Å². The molecule has 0 bridgehead atoms. The predicted molar refractivity (Wildman–Crippen MR) is 31.7 cm³/mol. The fourth-order valence-electron chi connectivity index (χ4n) is 1.43. The molecule has 2 rings (SSSR count). The molecule has 2 nitrogen and oxygen atoms in total. The highest BCUT2D eigenvalue weighted by Gasteiger charge is 2.34. The van der Waals surface area contributed by atoms with E-state index in [0.717, 1.165) is 6.42 Å². The Morgan fingerprint density at radius 3 is 3.33 bits per heavy atom. The van der Waals surface area contributed by atoms with E-state index in [2.05, 4.69) is 12.2 Å². The zero-order valence-corrected chi connectivity index (χ0v) is 5.04. The second kappa shape index (κ2) is 1.59. The minimum Gasteiger partial charge on any atom is -0.461 e. The number of rotatable bonds is 0. The van der Waals surface area contributed by atoms with Crippen molar-refractivity contribution in [1.82, 2.24) is 0 Å². The predicted octanol–water partition coefficient (Wildman–Crippen LogP) is 0.878. The van der Waals surface area contributed by atoms with Crippen LogP contribution in [0.4, 0.5) is 0 Å². The molecule has 0 spiro atoms. The summed E-state index contributed by atoms with van der Waals surface area (Å²) in [5, 5.41) is 0. The van der Waals surface area contributed by atoms with Gasteiger partial charge in [0.2, 0.25) is 0 Å². The summed E-state index contributed by atoms with van der Waals surface area (Å²) in [6, 6.07) is 0. The summed E-state index contributed by atoms with van der Waals surface area (Å²) in [6.45, 7) is 0. The van der Waals surface area contributed by atoms with Gasteiger partial charge in [0.1, 0.15) is 6.10 Å². The topological polar surface area (TPSA) is 26.3 Å². The number of hydrogen-bond acceptors (Lipinski definition) is 2. The first-order valence-corrected chi connectivity index (χ1v) is 3.22. The number of ether oxygens (including phenoxy) is 1. The van der Waals surface area contributed by atoms with Gasteiger partial charge in [-0.2, -0.15) is 0 Å². The maximum Gasteiger partial charge on any atom is 0.306 e. The lowest BCUT2D eigenvalue weighted by Crippen LogP contribution is -2.07. The first-order valence-electron chi connectivity index (χ1n) is 3.22. The second-order valence-corrected chi connectivity index (χ2v) is 2.56. The van der Waals surface area contributed by atoms with Gasteiger partial charge in [0.25, 0.3) is 0 Å². The van der Waals surface area contributed by atoms with E-state index in [4.69, 9.17) is 4.74 Å². The van der Waals surface area contributed by atoms with E-state index in [1.807, 2.05) is 0 Å². The maximum absolute atomic E-state index is 10.6. The van der Waals surface area contributed by atoms with Crippen molar-refractivity contribution in [1.29, 1.82) is 0 Å². The van der Waals surface area contributed by atoms with Crippen molar-refractivity contribution in [3.63, 3.8) is 0 Å². The number of esters is 1. The van der Waals surface area contributed by atoms with Gasteiger partial charge in [-0.05, 0) is 0 Å². The molecule has 0 saturated carbocycles. The average Bonchev–Trinajstić information content (AvgIpc) is 2.22. The fourth-order valence-corrected chi connectivity index (χ4v) is 1.43. The van der Waals surface area contributed by atoms with Gasteiger partial charge in [-0.15, -0.1) is 0 Å². The lowest BCUT2D eigenvalue weighted by atomic mass is 10.1. The van der Waals surface area contributed by atoms with Crippen LogP contribution in [0.15, 0.2) is 12.2 Å². The van der Waals surface area contributed by atoms with E-state index in [1.54, 1.807) is 0 Å². The molecule has 9 heavy (non-hydrogen) atoms. The van der Waals surface area contributed by atoms with E-state index < -0.39 is 0 Å². The summed E-state index contributed by atoms with van der Waals surface area (Å²) in [4.78, 5) is 10.6. The van der Waals surface area contributed by atoms with E-state index in [-0.39, 0.29) is 12.1 Å². The van der Waals surface area contributed by atoms with Crippen molar-refractivity contribution in [3.05, 3.63) is 12.2 Å². The quantitative estimate of drug-likeness (QED) is 0.354. The van der Waals surface area contributed by atoms with Crippen LogP contribution in [0.2, 0.25) is 0 Å². The summed E-state index contributed by atoms with van der Waals surface area (Å²) in [7, 11) is 0. The molecule has 0 aromatic rings. The van der Waals surface area contributed by atoms with Gasteiger partial charge in [0, 0.05) is 12.3 Å². The smallest absolute Gasteiger partial charge is 0.306 e. The molecule has 2 atom stereocenters. The van der Waals surface area contributed by atoms with E-state index in [1.165, 1.54) is 0 Å². The Bertz CT molecular complexity index is 172. The SMILES string of the molecule is O=C1CC2C=CC[C@H]2O1. The third-order valence-electron chi connectivity index (χ3n) is 1.91. The zero-order chi connectivity index (χ0) is 6.27. The van der Waals surface area contributed by atoms with Crippen molar-refractivity contribution >= 4 is 5.97 Å². The molecule has 2 heteroatoms. The van der Waals surface area contributed by atoms with Crippen molar-refractivity contribution in [2.75, 3.05) is 0 Å². The number of carbonyl (C=O) groups excluding carboxylic acids is 1. The lowest BCUT2D eigenvalue weighted by Gasteiger charge is -2.03. The van der Waals surface area contributed by atoms with E-state index in [9.17, 15) is 4.79 Å². The van der Waals surface area contributed by atoms with Crippen LogP contribution in [0.25, 0.3) is 0 Å². The van der Waals surface area contributed by atoms with E-state index >= 15 is 0 Å². The fraction of sp³-hybridized carbons (Fsp3) is 0.571. The third kappa shape index (κ3) is 0.661. The average molecular weight is 124 g/mol. The Labute approximate surface area is 53.5 Å². The maximum atomic E-state index is 10.6. The van der Waals surface area contributed by atoms with Crippen LogP contribution in [0.3, 0.4) is 0 Å². The minimum atomic E-state index is -0.0330. The van der Waals surface area contributed by atoms with Crippen molar-refractivity contribution in [2.45, 2.75) is 18.9 Å². The molecule has 1 heterocycles. The summed E-state index contributed by atoms with van der Waals surface area (Å²) >= 11 is 0.